The molecule has 0 fully saturated rings. The lowest BCUT2D eigenvalue weighted by Crippen LogP contribution is -2.22. The molecule has 0 saturated carbocycles. The summed E-state index contributed by atoms with van der Waals surface area (Å²) in [5, 5.41) is 5.99. The lowest BCUT2D eigenvalue weighted by atomic mass is 10.1. The van der Waals surface area contributed by atoms with E-state index in [0.29, 0.717) is 19.0 Å². The van der Waals surface area contributed by atoms with Crippen molar-refractivity contribution in [3.05, 3.63) is 88.6 Å². The van der Waals surface area contributed by atoms with E-state index in [1.54, 1.807) is 0 Å². The summed E-state index contributed by atoms with van der Waals surface area (Å²) >= 11 is 0. The molecule has 0 aliphatic rings. The molecule has 4 aromatic rings. The summed E-state index contributed by atoms with van der Waals surface area (Å²) in [4.78, 5) is 7.31. The minimum Gasteiger partial charge on any atom is -0.473 e. The van der Waals surface area contributed by atoms with Gasteiger partial charge < -0.3 is 4.74 Å². The van der Waals surface area contributed by atoms with Crippen LogP contribution in [0.5, 0.6) is 5.88 Å². The van der Waals surface area contributed by atoms with E-state index < -0.39 is 0 Å². The maximum atomic E-state index is 6.17. The van der Waals surface area contributed by atoms with Crippen molar-refractivity contribution in [2.75, 3.05) is 13.1 Å². The van der Waals surface area contributed by atoms with E-state index in [4.69, 9.17) is 14.8 Å². The van der Waals surface area contributed by atoms with Gasteiger partial charge in [0.05, 0.1) is 12.2 Å². The van der Waals surface area contributed by atoms with Crippen LogP contribution < -0.4 is 4.74 Å². The molecule has 0 atom stereocenters. The molecule has 0 bridgehead atoms. The number of rotatable bonds is 9. The smallest absolute Gasteiger partial charge is 0.215 e. The third-order valence-electron chi connectivity index (χ3n) is 5.91. The topological polar surface area (TPSA) is 43.2 Å². The molecule has 2 aromatic heterocycles. The first-order valence-corrected chi connectivity index (χ1v) is 11.4. The number of fused-ring (bicyclic) bond motifs is 1. The molecule has 0 aliphatic heterocycles. The van der Waals surface area contributed by atoms with Gasteiger partial charge in [0.25, 0.3) is 0 Å². The number of pyridine rings is 1. The lowest BCUT2D eigenvalue weighted by molar-refractivity contribution is 0.286. The Morgan fingerprint density at radius 2 is 1.62 bits per heavy atom. The molecule has 0 spiro atoms. The van der Waals surface area contributed by atoms with Crippen molar-refractivity contribution in [3.8, 4) is 5.88 Å². The maximum Gasteiger partial charge on any atom is 0.215 e. The Kier molecular flexibility index (Phi) is 6.86. The largest absolute Gasteiger partial charge is 0.473 e. The van der Waals surface area contributed by atoms with Crippen molar-refractivity contribution in [2.45, 2.75) is 47.4 Å². The Balaban J connectivity index is 1.72. The predicted octanol–water partition coefficient (Wildman–Crippen LogP) is 5.52. The van der Waals surface area contributed by atoms with Crippen LogP contribution >= 0.6 is 0 Å². The third-order valence-corrected chi connectivity index (χ3v) is 5.91. The highest BCUT2D eigenvalue weighted by atomic mass is 16.5. The molecule has 5 nitrogen and oxygen atoms in total. The second-order valence-electron chi connectivity index (χ2n) is 8.28. The second kappa shape index (κ2) is 9.96. The Hall–Kier alpha value is -3.18. The Labute approximate surface area is 190 Å². The van der Waals surface area contributed by atoms with E-state index in [2.05, 4.69) is 87.2 Å². The summed E-state index contributed by atoms with van der Waals surface area (Å²) in [6.45, 7) is 12.6. The quantitative estimate of drug-likeness (QED) is 0.352. The number of aromatic nitrogens is 3. The van der Waals surface area contributed by atoms with Crippen molar-refractivity contribution >= 4 is 11.0 Å². The van der Waals surface area contributed by atoms with Crippen molar-refractivity contribution < 1.29 is 4.74 Å². The number of nitrogens with zero attached hydrogens (tertiary/aromatic N) is 4. The molecule has 0 aliphatic carbocycles. The minimum atomic E-state index is 0.495. The number of aryl methyl sites for hydroxylation is 2. The van der Waals surface area contributed by atoms with Gasteiger partial charge >= 0.3 is 0 Å². The van der Waals surface area contributed by atoms with Gasteiger partial charge in [-0.1, -0.05) is 74.0 Å². The average molecular weight is 429 g/mol. The highest BCUT2D eigenvalue weighted by Crippen LogP contribution is 2.27. The van der Waals surface area contributed by atoms with Gasteiger partial charge in [-0.05, 0) is 43.6 Å². The average Bonchev–Trinajstić information content (AvgIpc) is 3.12. The highest BCUT2D eigenvalue weighted by molar-refractivity contribution is 5.83. The molecular weight excluding hydrogens is 396 g/mol. The highest BCUT2D eigenvalue weighted by Gasteiger charge is 2.17. The molecule has 0 radical (unpaired) electrons. The van der Waals surface area contributed by atoms with Crippen LogP contribution in [0, 0.1) is 13.8 Å². The van der Waals surface area contributed by atoms with Crippen LogP contribution in [0.25, 0.3) is 11.0 Å². The zero-order valence-electron chi connectivity index (χ0n) is 19.5. The first-order valence-electron chi connectivity index (χ1n) is 11.4. The summed E-state index contributed by atoms with van der Waals surface area (Å²) in [6, 6.07) is 20.9. The minimum absolute atomic E-state index is 0.495. The fourth-order valence-electron chi connectivity index (χ4n) is 4.01. The van der Waals surface area contributed by atoms with Crippen LogP contribution in [-0.2, 0) is 19.7 Å². The van der Waals surface area contributed by atoms with E-state index in [-0.39, 0.29) is 0 Å². The van der Waals surface area contributed by atoms with Crippen LogP contribution in [0.1, 0.15) is 41.8 Å². The van der Waals surface area contributed by atoms with Gasteiger partial charge in [-0.25, -0.2) is 4.68 Å². The van der Waals surface area contributed by atoms with Gasteiger partial charge in [0, 0.05) is 18.0 Å². The van der Waals surface area contributed by atoms with Crippen molar-refractivity contribution in [1.29, 1.82) is 0 Å². The zero-order valence-corrected chi connectivity index (χ0v) is 19.5. The maximum absolute atomic E-state index is 6.17. The van der Waals surface area contributed by atoms with Gasteiger partial charge in [-0.3, -0.25) is 4.90 Å². The molecule has 0 N–H and O–H groups in total. The van der Waals surface area contributed by atoms with Gasteiger partial charge in [-0.15, -0.1) is 0 Å². The second-order valence-corrected chi connectivity index (χ2v) is 8.28. The fourth-order valence-corrected chi connectivity index (χ4v) is 4.01. The number of hydrogen-bond donors (Lipinski definition) is 0. The molecule has 4 rings (SSSR count). The molecule has 0 saturated heterocycles. The predicted molar refractivity (Wildman–Crippen MR) is 130 cm³/mol. The van der Waals surface area contributed by atoms with Crippen molar-refractivity contribution in [2.24, 2.45) is 0 Å². The molecule has 2 aromatic carbocycles. The first-order chi connectivity index (χ1) is 15.6. The Morgan fingerprint density at radius 1 is 0.906 bits per heavy atom. The fraction of sp³-hybridized carbons (Fsp3) is 0.333. The molecule has 166 valence electrons. The Bertz CT molecular complexity index is 1160. The zero-order chi connectivity index (χ0) is 22.5. The summed E-state index contributed by atoms with van der Waals surface area (Å²) in [6.07, 6.45) is 0. The Morgan fingerprint density at radius 3 is 2.31 bits per heavy atom. The van der Waals surface area contributed by atoms with E-state index in [1.165, 1.54) is 16.7 Å². The molecule has 0 amide bonds. The molecule has 5 heteroatoms. The standard InChI is InChI=1S/C27H32N4O/c1-5-30(6-2)18-24-16-25(32-19-23-14-12-20(3)13-15-23)28-27-26(24)21(4)29-31(27)17-22-10-8-7-9-11-22/h7-16H,5-6,17-19H2,1-4H3. The van der Waals surface area contributed by atoms with Crippen molar-refractivity contribution in [3.63, 3.8) is 0 Å². The van der Waals surface area contributed by atoms with Crippen molar-refractivity contribution in [1.82, 2.24) is 19.7 Å². The van der Waals surface area contributed by atoms with Crippen LogP contribution in [-0.4, -0.2) is 32.8 Å². The summed E-state index contributed by atoms with van der Waals surface area (Å²) in [7, 11) is 0. The lowest BCUT2D eigenvalue weighted by Gasteiger charge is -2.19. The van der Waals surface area contributed by atoms with E-state index in [9.17, 15) is 0 Å². The van der Waals surface area contributed by atoms with Gasteiger partial charge in [0.15, 0.2) is 5.65 Å². The number of hydrogen-bond acceptors (Lipinski definition) is 4. The van der Waals surface area contributed by atoms with Gasteiger partial charge in [0.1, 0.15) is 6.61 Å². The summed E-state index contributed by atoms with van der Waals surface area (Å²) in [5.41, 5.74) is 6.70. The first kappa shape index (κ1) is 22.0. The molecule has 0 unspecified atom stereocenters. The number of ether oxygens (including phenoxy) is 1. The van der Waals surface area contributed by atoms with Crippen LogP contribution in [0.3, 0.4) is 0 Å². The van der Waals surface area contributed by atoms with E-state index in [1.807, 2.05) is 10.7 Å². The molecule has 2 heterocycles. The third kappa shape index (κ3) is 5.00. The molecule has 32 heavy (non-hydrogen) atoms. The van der Waals surface area contributed by atoms with E-state index >= 15 is 0 Å². The SMILES string of the molecule is CCN(CC)Cc1cc(OCc2ccc(C)cc2)nc2c1c(C)nn2Cc1ccccc1. The number of benzene rings is 2. The van der Waals surface area contributed by atoms with Crippen LogP contribution in [0.2, 0.25) is 0 Å². The molecular formula is C27H32N4O. The van der Waals surface area contributed by atoms with Crippen LogP contribution in [0.15, 0.2) is 60.7 Å². The van der Waals surface area contributed by atoms with Gasteiger partial charge in [0.2, 0.25) is 5.88 Å². The van der Waals surface area contributed by atoms with E-state index in [0.717, 1.165) is 41.9 Å². The van der Waals surface area contributed by atoms with Crippen LogP contribution in [0.4, 0.5) is 0 Å². The monoisotopic (exact) mass is 428 g/mol. The van der Waals surface area contributed by atoms with Gasteiger partial charge in [-0.2, -0.15) is 10.1 Å². The summed E-state index contributed by atoms with van der Waals surface area (Å²) < 4.78 is 8.18. The summed E-state index contributed by atoms with van der Waals surface area (Å²) in [5.74, 6) is 0.648. The normalized spacial score (nSPS) is 11.4.